The minimum Gasteiger partial charge on any atom is -0.496 e. The van der Waals surface area contributed by atoms with Crippen molar-refractivity contribution in [2.45, 2.75) is 30.7 Å². The summed E-state index contributed by atoms with van der Waals surface area (Å²) >= 11 is 0. The van der Waals surface area contributed by atoms with Crippen LogP contribution in [0.5, 0.6) is 5.75 Å². The fourth-order valence-corrected chi connectivity index (χ4v) is 5.75. The number of sulfonamides is 1. The van der Waals surface area contributed by atoms with E-state index in [0.717, 1.165) is 16.7 Å². The van der Waals surface area contributed by atoms with Crippen LogP contribution in [0.3, 0.4) is 0 Å². The smallest absolute Gasteiger partial charge is 0.243 e. The number of nitrogens with one attached hydrogen (secondary N) is 1. The summed E-state index contributed by atoms with van der Waals surface area (Å²) in [6.07, 6.45) is 0.531. The molecular weight excluding hydrogens is 476 g/mol. The Morgan fingerprint density at radius 2 is 1.67 bits per heavy atom. The van der Waals surface area contributed by atoms with Gasteiger partial charge in [0.25, 0.3) is 0 Å². The van der Waals surface area contributed by atoms with Crippen molar-refractivity contribution in [1.82, 2.24) is 9.62 Å². The molecule has 0 aliphatic carbocycles. The van der Waals surface area contributed by atoms with E-state index in [4.69, 9.17) is 9.47 Å². The summed E-state index contributed by atoms with van der Waals surface area (Å²) in [4.78, 5) is 13.3. The Balaban J connectivity index is 1.50. The fraction of sp³-hybridized carbons (Fsp3) is 0.321. The number of morpholine rings is 1. The van der Waals surface area contributed by atoms with Gasteiger partial charge in [0.05, 0.1) is 31.3 Å². The summed E-state index contributed by atoms with van der Waals surface area (Å²) in [5.41, 5.74) is 3.81. The largest absolute Gasteiger partial charge is 0.496 e. The van der Waals surface area contributed by atoms with Crippen LogP contribution in [0.4, 0.5) is 0 Å². The third-order valence-corrected chi connectivity index (χ3v) is 8.22. The molecule has 1 heterocycles. The Kier molecular flexibility index (Phi) is 8.40. The van der Waals surface area contributed by atoms with Gasteiger partial charge in [-0.3, -0.25) is 4.79 Å². The van der Waals surface area contributed by atoms with Crippen molar-refractivity contribution in [1.29, 1.82) is 0 Å². The van der Waals surface area contributed by atoms with E-state index in [2.05, 4.69) is 5.32 Å². The Bertz CT molecular complexity index is 1270. The van der Waals surface area contributed by atoms with Gasteiger partial charge in [-0.25, -0.2) is 8.42 Å². The first-order valence-corrected chi connectivity index (χ1v) is 13.5. The minimum absolute atomic E-state index is 0.132. The van der Waals surface area contributed by atoms with Gasteiger partial charge >= 0.3 is 0 Å². The quantitative estimate of drug-likeness (QED) is 0.475. The van der Waals surface area contributed by atoms with Crippen molar-refractivity contribution in [2.24, 2.45) is 0 Å². The van der Waals surface area contributed by atoms with Crippen molar-refractivity contribution in [2.75, 3.05) is 33.4 Å². The number of hydrogen-bond donors (Lipinski definition) is 1. The van der Waals surface area contributed by atoms with Gasteiger partial charge in [0.1, 0.15) is 5.75 Å². The second kappa shape index (κ2) is 11.7. The van der Waals surface area contributed by atoms with Crippen LogP contribution < -0.4 is 10.1 Å². The highest BCUT2D eigenvalue weighted by atomic mass is 32.2. The van der Waals surface area contributed by atoms with Crippen LogP contribution >= 0.6 is 0 Å². The molecule has 0 saturated carbocycles. The van der Waals surface area contributed by atoms with Crippen LogP contribution in [-0.2, 0) is 26.0 Å². The average Bonchev–Trinajstić information content (AvgIpc) is 2.92. The predicted molar refractivity (Wildman–Crippen MR) is 138 cm³/mol. The third-order valence-electron chi connectivity index (χ3n) is 6.33. The Morgan fingerprint density at radius 3 is 2.33 bits per heavy atom. The SMILES string of the molecule is COc1ccc(S(=O)(=O)N2CCOCC2)cc1CCC(=O)NC(c1ccccc1)c1ccc(C)cc1. The molecule has 1 fully saturated rings. The lowest BCUT2D eigenvalue weighted by Gasteiger charge is -2.26. The van der Waals surface area contributed by atoms with E-state index in [0.29, 0.717) is 44.0 Å². The molecule has 8 heteroatoms. The van der Waals surface area contributed by atoms with Gasteiger partial charge in [0.15, 0.2) is 0 Å². The van der Waals surface area contributed by atoms with Gasteiger partial charge in [0, 0.05) is 19.5 Å². The van der Waals surface area contributed by atoms with Crippen molar-refractivity contribution in [3.63, 3.8) is 0 Å². The monoisotopic (exact) mass is 508 g/mol. The zero-order valence-electron chi connectivity index (χ0n) is 20.6. The molecule has 1 N–H and O–H groups in total. The van der Waals surface area contributed by atoms with Crippen LogP contribution in [0.15, 0.2) is 77.7 Å². The Hall–Kier alpha value is -3.20. The second-order valence-electron chi connectivity index (χ2n) is 8.81. The van der Waals surface area contributed by atoms with Crippen LogP contribution in [0.25, 0.3) is 0 Å². The van der Waals surface area contributed by atoms with Gasteiger partial charge in [-0.15, -0.1) is 0 Å². The lowest BCUT2D eigenvalue weighted by molar-refractivity contribution is -0.121. The van der Waals surface area contributed by atoms with Gasteiger partial charge < -0.3 is 14.8 Å². The maximum Gasteiger partial charge on any atom is 0.243 e. The average molecular weight is 509 g/mol. The number of hydrogen-bond acceptors (Lipinski definition) is 5. The molecule has 190 valence electrons. The van der Waals surface area contributed by atoms with Crippen LogP contribution in [0, 0.1) is 6.92 Å². The van der Waals surface area contributed by atoms with Gasteiger partial charge in [-0.1, -0.05) is 60.2 Å². The van der Waals surface area contributed by atoms with Gasteiger partial charge in [0.2, 0.25) is 15.9 Å². The zero-order chi connectivity index (χ0) is 25.5. The number of rotatable bonds is 9. The van der Waals surface area contributed by atoms with E-state index in [1.54, 1.807) is 18.2 Å². The first-order valence-electron chi connectivity index (χ1n) is 12.0. The highest BCUT2D eigenvalue weighted by Gasteiger charge is 2.27. The van der Waals surface area contributed by atoms with Gasteiger partial charge in [-0.05, 0) is 48.2 Å². The maximum absolute atomic E-state index is 13.1. The first-order chi connectivity index (χ1) is 17.4. The molecule has 1 unspecified atom stereocenters. The number of carbonyl (C=O) groups is 1. The summed E-state index contributed by atoms with van der Waals surface area (Å²) < 4.78 is 38.4. The normalized spacial score (nSPS) is 15.3. The predicted octanol–water partition coefficient (Wildman–Crippen LogP) is 3.86. The number of carbonyl (C=O) groups excluding carboxylic acids is 1. The number of amides is 1. The maximum atomic E-state index is 13.1. The minimum atomic E-state index is -3.65. The molecular formula is C28H32N2O5S. The van der Waals surface area contributed by atoms with Crippen molar-refractivity contribution in [3.05, 3.63) is 95.1 Å². The number of methoxy groups -OCH3 is 1. The van der Waals surface area contributed by atoms with E-state index in [1.807, 2.05) is 61.5 Å². The summed E-state index contributed by atoms with van der Waals surface area (Å²) in [6.45, 7) is 3.44. The highest BCUT2D eigenvalue weighted by Crippen LogP contribution is 2.27. The zero-order valence-corrected chi connectivity index (χ0v) is 21.5. The summed E-state index contributed by atoms with van der Waals surface area (Å²) in [5, 5.41) is 3.15. The number of ether oxygens (including phenoxy) is 2. The molecule has 1 saturated heterocycles. The van der Waals surface area contributed by atoms with E-state index in [9.17, 15) is 13.2 Å². The number of nitrogens with zero attached hydrogens (tertiary/aromatic N) is 1. The third kappa shape index (κ3) is 6.13. The standard InChI is InChI=1S/C28H32N2O5S/c1-21-8-10-23(11-9-21)28(22-6-4-3-5-7-22)29-27(31)15-12-24-20-25(13-14-26(24)34-2)36(32,33)30-16-18-35-19-17-30/h3-11,13-14,20,28H,12,15-19H2,1-2H3,(H,29,31). The molecule has 36 heavy (non-hydrogen) atoms. The highest BCUT2D eigenvalue weighted by molar-refractivity contribution is 7.89. The molecule has 3 aromatic carbocycles. The Labute approximate surface area is 213 Å². The molecule has 7 nitrogen and oxygen atoms in total. The molecule has 1 aliphatic rings. The lowest BCUT2D eigenvalue weighted by Crippen LogP contribution is -2.40. The summed E-state index contributed by atoms with van der Waals surface area (Å²) in [5.74, 6) is 0.426. The summed E-state index contributed by atoms with van der Waals surface area (Å²) in [7, 11) is -2.11. The molecule has 0 spiro atoms. The van der Waals surface area contributed by atoms with Crippen LogP contribution in [0.2, 0.25) is 0 Å². The summed E-state index contributed by atoms with van der Waals surface area (Å²) in [6, 6.07) is 22.5. The van der Waals surface area contributed by atoms with E-state index in [1.165, 1.54) is 11.4 Å². The molecule has 1 aliphatic heterocycles. The van der Waals surface area contributed by atoms with E-state index in [-0.39, 0.29) is 23.3 Å². The van der Waals surface area contributed by atoms with E-state index >= 15 is 0 Å². The molecule has 0 radical (unpaired) electrons. The Morgan fingerprint density at radius 1 is 1.00 bits per heavy atom. The van der Waals surface area contributed by atoms with Crippen molar-refractivity contribution < 1.29 is 22.7 Å². The second-order valence-corrected chi connectivity index (χ2v) is 10.7. The molecule has 0 bridgehead atoms. The molecule has 1 atom stereocenters. The van der Waals surface area contributed by atoms with Crippen LogP contribution in [-0.4, -0.2) is 52.0 Å². The first kappa shape index (κ1) is 25.9. The van der Waals surface area contributed by atoms with Crippen LogP contribution in [0.1, 0.15) is 34.7 Å². The van der Waals surface area contributed by atoms with E-state index < -0.39 is 10.0 Å². The fourth-order valence-electron chi connectivity index (χ4n) is 4.29. The molecule has 3 aromatic rings. The molecule has 0 aromatic heterocycles. The van der Waals surface area contributed by atoms with Crippen molar-refractivity contribution >= 4 is 15.9 Å². The molecule has 1 amide bonds. The number of aryl methyl sites for hydroxylation is 2. The molecule has 4 rings (SSSR count). The lowest BCUT2D eigenvalue weighted by atomic mass is 9.97. The number of benzene rings is 3. The van der Waals surface area contributed by atoms with Crippen molar-refractivity contribution in [3.8, 4) is 5.75 Å². The van der Waals surface area contributed by atoms with Gasteiger partial charge in [-0.2, -0.15) is 4.31 Å². The topological polar surface area (TPSA) is 84.9 Å².